The van der Waals surface area contributed by atoms with Gasteiger partial charge in [0.25, 0.3) is 11.8 Å². The molecule has 0 fully saturated rings. The maximum Gasteiger partial charge on any atom is 0.272 e. The van der Waals surface area contributed by atoms with E-state index in [0.29, 0.717) is 11.5 Å². The lowest BCUT2D eigenvalue weighted by atomic mass is 10.2. The number of benzene rings is 2. The van der Waals surface area contributed by atoms with Crippen molar-refractivity contribution in [2.24, 2.45) is 0 Å². The van der Waals surface area contributed by atoms with Crippen LogP contribution in [0.5, 0.6) is 11.5 Å². The Balaban J connectivity index is 2.06. The number of hydrogen-bond donors (Lipinski definition) is 2. The van der Waals surface area contributed by atoms with Gasteiger partial charge in [0.2, 0.25) is 0 Å². The van der Waals surface area contributed by atoms with E-state index in [1.165, 1.54) is 37.4 Å². The molecule has 132 valence electrons. The van der Waals surface area contributed by atoms with Gasteiger partial charge in [-0.05, 0) is 44.2 Å². The number of carbonyl (C=O) groups is 2. The van der Waals surface area contributed by atoms with Crippen molar-refractivity contribution in [2.75, 3.05) is 7.11 Å². The van der Waals surface area contributed by atoms with Crippen molar-refractivity contribution < 1.29 is 23.5 Å². The van der Waals surface area contributed by atoms with Crippen LogP contribution >= 0.6 is 0 Å². The highest BCUT2D eigenvalue weighted by molar-refractivity contribution is 5.99. The lowest BCUT2D eigenvalue weighted by Crippen LogP contribution is -2.41. The molecule has 0 unspecified atom stereocenters. The maximum absolute atomic E-state index is 13.5. The van der Waals surface area contributed by atoms with Crippen molar-refractivity contribution in [2.45, 2.75) is 20.0 Å². The molecule has 25 heavy (non-hydrogen) atoms. The van der Waals surface area contributed by atoms with Gasteiger partial charge < -0.3 is 9.47 Å². The number of ether oxygens (including phenoxy) is 2. The number of rotatable bonds is 5. The minimum absolute atomic E-state index is 0.0476. The van der Waals surface area contributed by atoms with Crippen molar-refractivity contribution in [3.63, 3.8) is 0 Å². The molecular weight excluding hydrogens is 327 g/mol. The van der Waals surface area contributed by atoms with Crippen LogP contribution in [0.25, 0.3) is 0 Å². The molecule has 2 aromatic carbocycles. The van der Waals surface area contributed by atoms with Crippen LogP contribution in [0.1, 0.15) is 34.6 Å². The number of amides is 2. The summed E-state index contributed by atoms with van der Waals surface area (Å²) in [6.45, 7) is 3.75. The topological polar surface area (TPSA) is 76.7 Å². The van der Waals surface area contributed by atoms with E-state index in [1.807, 2.05) is 13.8 Å². The maximum atomic E-state index is 13.5. The molecule has 2 N–H and O–H groups in total. The van der Waals surface area contributed by atoms with E-state index in [4.69, 9.17) is 9.47 Å². The van der Waals surface area contributed by atoms with Crippen LogP contribution in [0.15, 0.2) is 42.5 Å². The summed E-state index contributed by atoms with van der Waals surface area (Å²) in [5, 5.41) is 0. The standard InChI is InChI=1S/C18H19FN2O4/c1-11(2)25-15-9-8-12(10-16(15)24-3)17(22)20-21-18(23)13-6-4-5-7-14(13)19/h4-11H,1-3H3,(H,20,22)(H,21,23). The van der Waals surface area contributed by atoms with Crippen LogP contribution in [-0.4, -0.2) is 25.0 Å². The molecule has 2 rings (SSSR count). The first-order valence-corrected chi connectivity index (χ1v) is 7.62. The second kappa shape index (κ2) is 8.14. The average Bonchev–Trinajstić information content (AvgIpc) is 2.59. The van der Waals surface area contributed by atoms with Crippen LogP contribution in [0.2, 0.25) is 0 Å². The van der Waals surface area contributed by atoms with Gasteiger partial charge in [-0.15, -0.1) is 0 Å². The molecule has 0 radical (unpaired) electrons. The minimum Gasteiger partial charge on any atom is -0.493 e. The zero-order valence-electron chi connectivity index (χ0n) is 14.1. The van der Waals surface area contributed by atoms with Crippen molar-refractivity contribution >= 4 is 11.8 Å². The van der Waals surface area contributed by atoms with Gasteiger partial charge in [-0.1, -0.05) is 12.1 Å². The minimum atomic E-state index is -0.752. The molecule has 6 nitrogen and oxygen atoms in total. The number of hydrogen-bond acceptors (Lipinski definition) is 4. The molecular formula is C18H19FN2O4. The third-order valence-corrected chi connectivity index (χ3v) is 3.20. The van der Waals surface area contributed by atoms with Gasteiger partial charge in [0.1, 0.15) is 5.82 Å². The Hall–Kier alpha value is -3.09. The molecule has 0 saturated carbocycles. The molecule has 0 heterocycles. The summed E-state index contributed by atoms with van der Waals surface area (Å²) >= 11 is 0. The predicted octanol–water partition coefficient (Wildman–Crippen LogP) is 2.70. The lowest BCUT2D eigenvalue weighted by molar-refractivity contribution is 0.0844. The summed E-state index contributed by atoms with van der Waals surface area (Å²) in [5.74, 6) is -1.10. The monoisotopic (exact) mass is 346 g/mol. The van der Waals surface area contributed by atoms with Gasteiger partial charge in [-0.3, -0.25) is 20.4 Å². The number of carbonyl (C=O) groups excluding carboxylic acids is 2. The van der Waals surface area contributed by atoms with Crippen LogP contribution in [0, 0.1) is 5.82 Å². The Morgan fingerprint density at radius 3 is 2.32 bits per heavy atom. The fourth-order valence-electron chi connectivity index (χ4n) is 2.06. The first-order chi connectivity index (χ1) is 11.9. The molecule has 0 aliphatic heterocycles. The Morgan fingerprint density at radius 1 is 1.00 bits per heavy atom. The van der Waals surface area contributed by atoms with E-state index < -0.39 is 17.6 Å². The number of halogens is 1. The van der Waals surface area contributed by atoms with Crippen LogP contribution in [0.3, 0.4) is 0 Å². The third kappa shape index (κ3) is 4.69. The smallest absolute Gasteiger partial charge is 0.272 e. The summed E-state index contributed by atoms with van der Waals surface area (Å²) < 4.78 is 24.3. The molecule has 2 aromatic rings. The molecule has 0 aliphatic carbocycles. The third-order valence-electron chi connectivity index (χ3n) is 3.20. The van der Waals surface area contributed by atoms with Gasteiger partial charge in [-0.2, -0.15) is 0 Å². The van der Waals surface area contributed by atoms with Crippen molar-refractivity contribution in [1.29, 1.82) is 0 Å². The van der Waals surface area contributed by atoms with Gasteiger partial charge in [0.05, 0.1) is 18.8 Å². The van der Waals surface area contributed by atoms with Crippen molar-refractivity contribution in [1.82, 2.24) is 10.9 Å². The van der Waals surface area contributed by atoms with Crippen LogP contribution in [0.4, 0.5) is 4.39 Å². The largest absolute Gasteiger partial charge is 0.493 e. The molecule has 0 saturated heterocycles. The zero-order valence-corrected chi connectivity index (χ0v) is 14.1. The highest BCUT2D eigenvalue weighted by atomic mass is 19.1. The Bertz CT molecular complexity index is 777. The summed E-state index contributed by atoms with van der Waals surface area (Å²) in [7, 11) is 1.46. The van der Waals surface area contributed by atoms with E-state index in [1.54, 1.807) is 6.07 Å². The van der Waals surface area contributed by atoms with Gasteiger partial charge in [0.15, 0.2) is 11.5 Å². The highest BCUT2D eigenvalue weighted by Crippen LogP contribution is 2.28. The number of methoxy groups -OCH3 is 1. The molecule has 0 aliphatic rings. The second-order valence-electron chi connectivity index (χ2n) is 5.42. The average molecular weight is 346 g/mol. The van der Waals surface area contributed by atoms with Crippen LogP contribution in [-0.2, 0) is 0 Å². The SMILES string of the molecule is COc1cc(C(=O)NNC(=O)c2ccccc2F)ccc1OC(C)C. The Morgan fingerprint density at radius 2 is 1.68 bits per heavy atom. The van der Waals surface area contributed by atoms with E-state index in [-0.39, 0.29) is 17.2 Å². The molecule has 0 atom stereocenters. The van der Waals surface area contributed by atoms with E-state index in [0.717, 1.165) is 6.07 Å². The van der Waals surface area contributed by atoms with Gasteiger partial charge >= 0.3 is 0 Å². The summed E-state index contributed by atoms with van der Waals surface area (Å²) in [5.41, 5.74) is 4.49. The quantitative estimate of drug-likeness (QED) is 0.816. The summed E-state index contributed by atoms with van der Waals surface area (Å²) in [6, 6.07) is 10.1. The first kappa shape index (κ1) is 18.3. The molecule has 7 heteroatoms. The van der Waals surface area contributed by atoms with Gasteiger partial charge in [-0.25, -0.2) is 4.39 Å². The molecule has 0 spiro atoms. The normalized spacial score (nSPS) is 10.3. The summed E-state index contributed by atoms with van der Waals surface area (Å²) in [6.07, 6.45) is -0.0476. The van der Waals surface area contributed by atoms with E-state index in [9.17, 15) is 14.0 Å². The van der Waals surface area contributed by atoms with Gasteiger partial charge in [0, 0.05) is 5.56 Å². The number of hydrazine groups is 1. The molecule has 2 amide bonds. The van der Waals surface area contributed by atoms with E-state index in [2.05, 4.69) is 10.9 Å². The van der Waals surface area contributed by atoms with Crippen molar-refractivity contribution in [3.05, 3.63) is 59.4 Å². The molecule has 0 bridgehead atoms. The lowest BCUT2D eigenvalue weighted by Gasteiger charge is -2.14. The van der Waals surface area contributed by atoms with Crippen LogP contribution < -0.4 is 20.3 Å². The van der Waals surface area contributed by atoms with Crippen molar-refractivity contribution in [3.8, 4) is 11.5 Å². The number of nitrogens with one attached hydrogen (secondary N) is 2. The highest BCUT2D eigenvalue weighted by Gasteiger charge is 2.15. The first-order valence-electron chi connectivity index (χ1n) is 7.62. The predicted molar refractivity (Wildman–Crippen MR) is 90.1 cm³/mol. The fourth-order valence-corrected chi connectivity index (χ4v) is 2.06. The fraction of sp³-hybridized carbons (Fsp3) is 0.222. The zero-order chi connectivity index (χ0) is 18.4. The Kier molecular flexibility index (Phi) is 5.94. The summed E-state index contributed by atoms with van der Waals surface area (Å²) in [4.78, 5) is 24.0. The van der Waals surface area contributed by atoms with E-state index >= 15 is 0 Å². The second-order valence-corrected chi connectivity index (χ2v) is 5.42. The Labute approximate surface area is 144 Å². The molecule has 0 aromatic heterocycles.